The molecule has 2 aromatic carbocycles. The number of hydrogen-bond acceptors (Lipinski definition) is 3. The molecule has 0 bridgehead atoms. The molecule has 0 aliphatic heterocycles. The van der Waals surface area contributed by atoms with Crippen molar-refractivity contribution >= 4 is 11.8 Å². The zero-order chi connectivity index (χ0) is 21.2. The van der Waals surface area contributed by atoms with Gasteiger partial charge in [0, 0.05) is 13.1 Å². The number of nitrogens with one attached hydrogen (secondary N) is 1. The van der Waals surface area contributed by atoms with E-state index in [-0.39, 0.29) is 18.4 Å². The Balaban J connectivity index is 2.19. The average Bonchev–Trinajstić information content (AvgIpc) is 2.73. The van der Waals surface area contributed by atoms with Gasteiger partial charge >= 0.3 is 0 Å². The Bertz CT molecular complexity index is 805. The maximum absolute atomic E-state index is 13.1. The number of carbonyl (C=O) groups excluding carboxylic acids is 2. The molecule has 5 nitrogen and oxygen atoms in total. The fraction of sp³-hybridized carbons (Fsp3) is 0.417. The number of nitrogens with zero attached hydrogens (tertiary/aromatic N) is 1. The van der Waals surface area contributed by atoms with Crippen molar-refractivity contribution in [3.8, 4) is 5.75 Å². The Morgan fingerprint density at radius 1 is 1.07 bits per heavy atom. The molecule has 0 aliphatic rings. The summed E-state index contributed by atoms with van der Waals surface area (Å²) in [7, 11) is 0. The van der Waals surface area contributed by atoms with Crippen LogP contribution in [0.5, 0.6) is 5.75 Å². The van der Waals surface area contributed by atoms with Gasteiger partial charge in [0.15, 0.2) is 6.61 Å². The standard InChI is InChI=1S/C24H32N2O3/c1-5-14-25-24(28)21(6-2)26(16-20-10-8-7-9-11-20)23(27)17-29-22-15-18(3)12-13-19(22)4/h7-13,15,21H,5-6,14,16-17H2,1-4H3,(H,25,28). The molecule has 0 radical (unpaired) electrons. The van der Waals surface area contributed by atoms with E-state index in [0.29, 0.717) is 25.3 Å². The van der Waals surface area contributed by atoms with Gasteiger partial charge in [-0.15, -0.1) is 0 Å². The van der Waals surface area contributed by atoms with E-state index in [1.54, 1.807) is 4.90 Å². The second-order valence-corrected chi connectivity index (χ2v) is 7.28. The van der Waals surface area contributed by atoms with Gasteiger partial charge in [-0.05, 0) is 49.4 Å². The highest BCUT2D eigenvalue weighted by atomic mass is 16.5. The number of aryl methyl sites for hydroxylation is 2. The summed E-state index contributed by atoms with van der Waals surface area (Å²) >= 11 is 0. The predicted octanol–water partition coefficient (Wildman–Crippen LogP) is 4.02. The van der Waals surface area contributed by atoms with Crippen LogP contribution in [0.1, 0.15) is 43.4 Å². The Kier molecular flexibility index (Phi) is 8.71. The van der Waals surface area contributed by atoms with Gasteiger partial charge in [-0.25, -0.2) is 0 Å². The van der Waals surface area contributed by atoms with Gasteiger partial charge < -0.3 is 15.0 Å². The SMILES string of the molecule is CCCNC(=O)C(CC)N(Cc1ccccc1)C(=O)COc1cc(C)ccc1C. The monoisotopic (exact) mass is 396 g/mol. The number of benzene rings is 2. The zero-order valence-corrected chi connectivity index (χ0v) is 17.9. The topological polar surface area (TPSA) is 58.6 Å². The molecular weight excluding hydrogens is 364 g/mol. The zero-order valence-electron chi connectivity index (χ0n) is 17.9. The Labute approximate surface area is 174 Å². The maximum atomic E-state index is 13.1. The first-order valence-electron chi connectivity index (χ1n) is 10.3. The molecule has 2 aromatic rings. The second-order valence-electron chi connectivity index (χ2n) is 7.28. The van der Waals surface area contributed by atoms with Crippen LogP contribution in [0, 0.1) is 13.8 Å². The summed E-state index contributed by atoms with van der Waals surface area (Å²) in [6, 6.07) is 15.1. The minimum atomic E-state index is -0.531. The van der Waals surface area contributed by atoms with E-state index in [9.17, 15) is 9.59 Å². The third-order valence-electron chi connectivity index (χ3n) is 4.83. The van der Waals surface area contributed by atoms with E-state index in [2.05, 4.69) is 5.32 Å². The average molecular weight is 397 g/mol. The van der Waals surface area contributed by atoms with Gasteiger partial charge in [-0.2, -0.15) is 0 Å². The Morgan fingerprint density at radius 3 is 2.45 bits per heavy atom. The van der Waals surface area contributed by atoms with Crippen molar-refractivity contribution in [3.63, 3.8) is 0 Å². The first-order valence-corrected chi connectivity index (χ1v) is 10.3. The Hall–Kier alpha value is -2.82. The van der Waals surface area contributed by atoms with Gasteiger partial charge in [-0.1, -0.05) is 56.3 Å². The number of ether oxygens (including phenoxy) is 1. The molecule has 1 atom stereocenters. The fourth-order valence-corrected chi connectivity index (χ4v) is 3.15. The smallest absolute Gasteiger partial charge is 0.261 e. The van der Waals surface area contributed by atoms with Crippen molar-refractivity contribution in [2.24, 2.45) is 0 Å². The number of amides is 2. The molecule has 0 saturated carbocycles. The van der Waals surface area contributed by atoms with Gasteiger partial charge in [0.2, 0.25) is 5.91 Å². The van der Waals surface area contributed by atoms with Crippen LogP contribution in [-0.2, 0) is 16.1 Å². The molecule has 1 N–H and O–H groups in total. The van der Waals surface area contributed by atoms with E-state index in [1.807, 2.05) is 76.2 Å². The van der Waals surface area contributed by atoms with Gasteiger partial charge in [0.1, 0.15) is 11.8 Å². The minimum absolute atomic E-state index is 0.102. The lowest BCUT2D eigenvalue weighted by atomic mass is 10.1. The van der Waals surface area contributed by atoms with E-state index in [1.165, 1.54) is 0 Å². The van der Waals surface area contributed by atoms with Crippen LogP contribution in [0.2, 0.25) is 0 Å². The van der Waals surface area contributed by atoms with Gasteiger partial charge in [0.05, 0.1) is 0 Å². The molecule has 5 heteroatoms. The largest absolute Gasteiger partial charge is 0.483 e. The predicted molar refractivity (Wildman–Crippen MR) is 116 cm³/mol. The van der Waals surface area contributed by atoms with Crippen molar-refractivity contribution < 1.29 is 14.3 Å². The summed E-state index contributed by atoms with van der Waals surface area (Å²) in [5.74, 6) is 0.375. The van der Waals surface area contributed by atoms with E-state index in [4.69, 9.17) is 4.74 Å². The highest BCUT2D eigenvalue weighted by molar-refractivity contribution is 5.88. The quantitative estimate of drug-likeness (QED) is 0.660. The molecule has 0 saturated heterocycles. The third kappa shape index (κ3) is 6.63. The van der Waals surface area contributed by atoms with E-state index < -0.39 is 6.04 Å². The molecule has 0 spiro atoms. The van der Waals surface area contributed by atoms with Crippen molar-refractivity contribution in [2.45, 2.75) is 53.1 Å². The molecular formula is C24H32N2O3. The van der Waals surface area contributed by atoms with E-state index in [0.717, 1.165) is 23.1 Å². The lowest BCUT2D eigenvalue weighted by molar-refractivity contribution is -0.143. The van der Waals surface area contributed by atoms with E-state index >= 15 is 0 Å². The van der Waals surface area contributed by atoms with Crippen molar-refractivity contribution in [1.29, 1.82) is 0 Å². The number of hydrogen-bond donors (Lipinski definition) is 1. The van der Waals surface area contributed by atoms with Crippen LogP contribution in [0.15, 0.2) is 48.5 Å². The van der Waals surface area contributed by atoms with Gasteiger partial charge in [-0.3, -0.25) is 9.59 Å². The number of carbonyl (C=O) groups is 2. The molecule has 29 heavy (non-hydrogen) atoms. The lowest BCUT2D eigenvalue weighted by Crippen LogP contribution is -2.50. The molecule has 0 aliphatic carbocycles. The molecule has 0 fully saturated rings. The normalized spacial score (nSPS) is 11.6. The van der Waals surface area contributed by atoms with Crippen molar-refractivity contribution in [2.75, 3.05) is 13.2 Å². The first kappa shape index (κ1) is 22.5. The fourth-order valence-electron chi connectivity index (χ4n) is 3.15. The van der Waals surface area contributed by atoms with Crippen LogP contribution >= 0.6 is 0 Å². The first-order chi connectivity index (χ1) is 14.0. The van der Waals surface area contributed by atoms with Crippen LogP contribution in [0.25, 0.3) is 0 Å². The van der Waals surface area contributed by atoms with Crippen LogP contribution in [-0.4, -0.2) is 35.9 Å². The molecule has 156 valence electrons. The summed E-state index contributed by atoms with van der Waals surface area (Å²) in [5, 5.41) is 2.92. The number of rotatable bonds is 10. The highest BCUT2D eigenvalue weighted by Crippen LogP contribution is 2.20. The summed E-state index contributed by atoms with van der Waals surface area (Å²) in [4.78, 5) is 27.4. The summed E-state index contributed by atoms with van der Waals surface area (Å²) < 4.78 is 5.83. The molecule has 2 rings (SSSR count). The molecule has 1 unspecified atom stereocenters. The third-order valence-corrected chi connectivity index (χ3v) is 4.83. The van der Waals surface area contributed by atoms with Crippen molar-refractivity contribution in [1.82, 2.24) is 10.2 Å². The highest BCUT2D eigenvalue weighted by Gasteiger charge is 2.28. The summed E-state index contributed by atoms with van der Waals surface area (Å²) in [5.41, 5.74) is 3.03. The maximum Gasteiger partial charge on any atom is 0.261 e. The van der Waals surface area contributed by atoms with Crippen LogP contribution < -0.4 is 10.1 Å². The van der Waals surface area contributed by atoms with Crippen LogP contribution in [0.3, 0.4) is 0 Å². The summed E-state index contributed by atoms with van der Waals surface area (Å²) in [6.45, 7) is 8.73. The molecule has 0 aromatic heterocycles. The lowest BCUT2D eigenvalue weighted by Gasteiger charge is -2.30. The molecule has 2 amide bonds. The molecule has 0 heterocycles. The van der Waals surface area contributed by atoms with Crippen molar-refractivity contribution in [3.05, 3.63) is 65.2 Å². The summed E-state index contributed by atoms with van der Waals surface area (Å²) in [6.07, 6.45) is 1.39. The van der Waals surface area contributed by atoms with Gasteiger partial charge in [0.25, 0.3) is 5.91 Å². The van der Waals surface area contributed by atoms with Crippen LogP contribution in [0.4, 0.5) is 0 Å². The minimum Gasteiger partial charge on any atom is -0.483 e. The Morgan fingerprint density at radius 2 is 1.79 bits per heavy atom. The second kappa shape index (κ2) is 11.2.